The SMILES string of the molecule is CCOC(=O)c1cnc(-n2cc(C)cn2)[nH]c1=O. The highest BCUT2D eigenvalue weighted by atomic mass is 16.5. The smallest absolute Gasteiger partial charge is 0.345 e. The van der Waals surface area contributed by atoms with Crippen molar-refractivity contribution in [3.05, 3.63) is 40.1 Å². The Labute approximate surface area is 102 Å². The van der Waals surface area contributed by atoms with E-state index in [1.165, 1.54) is 10.9 Å². The first-order valence-corrected chi connectivity index (χ1v) is 5.40. The van der Waals surface area contributed by atoms with Gasteiger partial charge in [-0.3, -0.25) is 9.78 Å². The number of carbonyl (C=O) groups excluding carboxylic acids is 1. The average molecular weight is 248 g/mol. The van der Waals surface area contributed by atoms with Crippen molar-refractivity contribution in [3.8, 4) is 5.95 Å². The maximum absolute atomic E-state index is 11.7. The van der Waals surface area contributed by atoms with Crippen LogP contribution in [0.4, 0.5) is 0 Å². The molecule has 2 aromatic heterocycles. The average Bonchev–Trinajstić information content (AvgIpc) is 2.76. The highest BCUT2D eigenvalue weighted by Gasteiger charge is 2.13. The monoisotopic (exact) mass is 248 g/mol. The molecule has 0 bridgehead atoms. The molecule has 94 valence electrons. The minimum absolute atomic E-state index is 0.121. The Morgan fingerprint density at radius 1 is 1.50 bits per heavy atom. The van der Waals surface area contributed by atoms with E-state index in [0.29, 0.717) is 0 Å². The van der Waals surface area contributed by atoms with Gasteiger partial charge >= 0.3 is 5.97 Å². The number of H-pyrrole nitrogens is 1. The van der Waals surface area contributed by atoms with Crippen LogP contribution in [0, 0.1) is 6.92 Å². The summed E-state index contributed by atoms with van der Waals surface area (Å²) < 4.78 is 6.16. The fourth-order valence-electron chi connectivity index (χ4n) is 1.38. The van der Waals surface area contributed by atoms with Gasteiger partial charge in [0, 0.05) is 6.20 Å². The predicted molar refractivity (Wildman–Crippen MR) is 62.7 cm³/mol. The third kappa shape index (κ3) is 2.29. The summed E-state index contributed by atoms with van der Waals surface area (Å²) in [5, 5.41) is 4.01. The first-order chi connectivity index (χ1) is 8.61. The minimum Gasteiger partial charge on any atom is -0.462 e. The minimum atomic E-state index is -0.686. The van der Waals surface area contributed by atoms with Gasteiger partial charge < -0.3 is 4.74 Å². The molecular formula is C11H12N4O3. The Bertz CT molecular complexity index is 629. The van der Waals surface area contributed by atoms with Gasteiger partial charge in [-0.2, -0.15) is 5.10 Å². The molecule has 2 aromatic rings. The summed E-state index contributed by atoms with van der Waals surface area (Å²) in [5.41, 5.74) is 0.267. The summed E-state index contributed by atoms with van der Waals surface area (Å²) in [4.78, 5) is 29.6. The number of nitrogens with zero attached hydrogens (tertiary/aromatic N) is 3. The molecule has 2 heterocycles. The zero-order chi connectivity index (χ0) is 13.1. The Morgan fingerprint density at radius 2 is 2.28 bits per heavy atom. The fourth-order valence-corrected chi connectivity index (χ4v) is 1.38. The Balaban J connectivity index is 2.36. The van der Waals surface area contributed by atoms with Crippen LogP contribution in [0.5, 0.6) is 0 Å². The lowest BCUT2D eigenvalue weighted by molar-refractivity contribution is 0.0523. The second-order valence-corrected chi connectivity index (χ2v) is 3.63. The third-order valence-electron chi connectivity index (χ3n) is 2.21. The van der Waals surface area contributed by atoms with E-state index in [1.807, 2.05) is 6.92 Å². The number of hydrogen-bond acceptors (Lipinski definition) is 5. The maximum Gasteiger partial charge on any atom is 0.345 e. The van der Waals surface area contributed by atoms with Crippen LogP contribution in [0.3, 0.4) is 0 Å². The van der Waals surface area contributed by atoms with E-state index in [9.17, 15) is 9.59 Å². The molecule has 2 rings (SSSR count). The number of ether oxygens (including phenoxy) is 1. The van der Waals surface area contributed by atoms with Crippen molar-refractivity contribution in [2.75, 3.05) is 6.61 Å². The summed E-state index contributed by atoms with van der Waals surface area (Å²) in [6, 6.07) is 0. The molecule has 0 radical (unpaired) electrons. The number of aryl methyl sites for hydroxylation is 1. The molecule has 0 fully saturated rings. The molecule has 7 heteroatoms. The van der Waals surface area contributed by atoms with Crippen LogP contribution >= 0.6 is 0 Å². The van der Waals surface area contributed by atoms with Crippen molar-refractivity contribution in [1.82, 2.24) is 19.7 Å². The number of nitrogens with one attached hydrogen (secondary N) is 1. The molecule has 0 aliphatic carbocycles. The van der Waals surface area contributed by atoms with Crippen LogP contribution in [0.25, 0.3) is 5.95 Å². The quantitative estimate of drug-likeness (QED) is 0.796. The number of aromatic amines is 1. The number of esters is 1. The normalized spacial score (nSPS) is 10.3. The third-order valence-corrected chi connectivity index (χ3v) is 2.21. The van der Waals surface area contributed by atoms with E-state index in [1.54, 1.807) is 19.3 Å². The van der Waals surface area contributed by atoms with Crippen LogP contribution in [0.1, 0.15) is 22.8 Å². The summed E-state index contributed by atoms with van der Waals surface area (Å²) >= 11 is 0. The molecule has 7 nitrogen and oxygen atoms in total. The van der Waals surface area contributed by atoms with E-state index in [4.69, 9.17) is 4.74 Å². The van der Waals surface area contributed by atoms with Crippen molar-refractivity contribution in [2.45, 2.75) is 13.8 Å². The summed E-state index contributed by atoms with van der Waals surface area (Å²) in [5.74, 6) is -0.435. The van der Waals surface area contributed by atoms with Crippen LogP contribution in [-0.2, 0) is 4.74 Å². The standard InChI is InChI=1S/C11H12N4O3/c1-3-18-10(17)8-5-12-11(14-9(8)16)15-6-7(2)4-13-15/h4-6H,3H2,1-2H3,(H,12,14,16). The van der Waals surface area contributed by atoms with Crippen molar-refractivity contribution >= 4 is 5.97 Å². The lowest BCUT2D eigenvalue weighted by Gasteiger charge is -2.02. The van der Waals surface area contributed by atoms with Gasteiger partial charge in [-0.15, -0.1) is 0 Å². The van der Waals surface area contributed by atoms with E-state index >= 15 is 0 Å². The number of hydrogen-bond donors (Lipinski definition) is 1. The molecule has 0 saturated heterocycles. The molecule has 0 spiro atoms. The molecular weight excluding hydrogens is 236 g/mol. The van der Waals surface area contributed by atoms with Gasteiger partial charge in [0.15, 0.2) is 0 Å². The summed E-state index contributed by atoms with van der Waals surface area (Å²) in [6.07, 6.45) is 4.53. The lowest BCUT2D eigenvalue weighted by atomic mass is 10.3. The van der Waals surface area contributed by atoms with E-state index in [0.717, 1.165) is 5.56 Å². The van der Waals surface area contributed by atoms with Gasteiger partial charge in [0.2, 0.25) is 5.95 Å². The Hall–Kier alpha value is -2.44. The van der Waals surface area contributed by atoms with Gasteiger partial charge in [-0.25, -0.2) is 14.5 Å². The zero-order valence-electron chi connectivity index (χ0n) is 10.0. The first kappa shape index (κ1) is 12.0. The van der Waals surface area contributed by atoms with Crippen LogP contribution in [0.15, 0.2) is 23.4 Å². The largest absolute Gasteiger partial charge is 0.462 e. The Morgan fingerprint density at radius 3 is 2.83 bits per heavy atom. The molecule has 18 heavy (non-hydrogen) atoms. The first-order valence-electron chi connectivity index (χ1n) is 5.40. The van der Waals surface area contributed by atoms with Gasteiger partial charge in [-0.1, -0.05) is 0 Å². The highest BCUT2D eigenvalue weighted by molar-refractivity contribution is 5.88. The fraction of sp³-hybridized carbons (Fsp3) is 0.273. The van der Waals surface area contributed by atoms with Gasteiger partial charge in [0.05, 0.1) is 19.0 Å². The van der Waals surface area contributed by atoms with E-state index < -0.39 is 11.5 Å². The van der Waals surface area contributed by atoms with Crippen molar-refractivity contribution in [3.63, 3.8) is 0 Å². The molecule has 0 unspecified atom stereocenters. The second-order valence-electron chi connectivity index (χ2n) is 3.63. The van der Waals surface area contributed by atoms with Crippen LogP contribution in [0.2, 0.25) is 0 Å². The van der Waals surface area contributed by atoms with Crippen LogP contribution in [-0.4, -0.2) is 32.3 Å². The molecule has 0 amide bonds. The van der Waals surface area contributed by atoms with Gasteiger partial charge in [-0.05, 0) is 19.4 Å². The molecule has 0 aliphatic rings. The summed E-state index contributed by atoms with van der Waals surface area (Å²) in [7, 11) is 0. The van der Waals surface area contributed by atoms with Gasteiger partial charge in [0.1, 0.15) is 5.56 Å². The Kier molecular flexibility index (Phi) is 3.22. The van der Waals surface area contributed by atoms with Crippen molar-refractivity contribution in [1.29, 1.82) is 0 Å². The summed E-state index contributed by atoms with van der Waals surface area (Å²) in [6.45, 7) is 3.74. The molecule has 0 aromatic carbocycles. The molecule has 1 N–H and O–H groups in total. The predicted octanol–water partition coefficient (Wildman–Crippen LogP) is 0.441. The van der Waals surface area contributed by atoms with Crippen LogP contribution < -0.4 is 5.56 Å². The van der Waals surface area contributed by atoms with Gasteiger partial charge in [0.25, 0.3) is 5.56 Å². The number of carbonyl (C=O) groups is 1. The maximum atomic E-state index is 11.7. The number of rotatable bonds is 3. The van der Waals surface area contributed by atoms with E-state index in [-0.39, 0.29) is 18.1 Å². The molecule has 0 aliphatic heterocycles. The van der Waals surface area contributed by atoms with Crippen molar-refractivity contribution < 1.29 is 9.53 Å². The second kappa shape index (κ2) is 4.82. The molecule has 0 saturated carbocycles. The zero-order valence-corrected chi connectivity index (χ0v) is 10.0. The topological polar surface area (TPSA) is 89.9 Å². The molecule has 0 atom stereocenters. The van der Waals surface area contributed by atoms with E-state index in [2.05, 4.69) is 15.1 Å². The highest BCUT2D eigenvalue weighted by Crippen LogP contribution is 2.01. The lowest BCUT2D eigenvalue weighted by Crippen LogP contribution is -2.22. The number of aromatic nitrogens is 4. The van der Waals surface area contributed by atoms with Crippen molar-refractivity contribution in [2.24, 2.45) is 0 Å².